The van der Waals surface area contributed by atoms with Crippen LogP contribution in [0.15, 0.2) is 54.9 Å². The molecule has 2 aromatic rings. The summed E-state index contributed by atoms with van der Waals surface area (Å²) in [6.45, 7) is 1.46. The minimum atomic E-state index is 0. The second-order valence-electron chi connectivity index (χ2n) is 5.16. The van der Waals surface area contributed by atoms with E-state index in [2.05, 4.69) is 9.88 Å². The number of unbranched alkanes of at least 4 members (excludes halogenated alkanes) is 1. The molecule has 0 saturated carbocycles. The first-order valence-electron chi connectivity index (χ1n) is 7.62. The van der Waals surface area contributed by atoms with Crippen LogP contribution in [0.4, 0.5) is 0 Å². The number of halogens is 1. The Morgan fingerprint density at radius 3 is 2.57 bits per heavy atom. The number of rotatable bonds is 8. The minimum absolute atomic E-state index is 0. The second-order valence-corrected chi connectivity index (χ2v) is 5.16. The average Bonchev–Trinajstić information content (AvgIpc) is 2.58. The van der Waals surface area contributed by atoms with E-state index in [9.17, 15) is 4.79 Å². The lowest BCUT2D eigenvalue weighted by Gasteiger charge is -2.09. The number of pyridine rings is 1. The van der Waals surface area contributed by atoms with Gasteiger partial charge in [-0.05, 0) is 12.5 Å². The van der Waals surface area contributed by atoms with Crippen molar-refractivity contribution in [2.75, 3.05) is 7.11 Å². The van der Waals surface area contributed by atoms with Gasteiger partial charge in [0.15, 0.2) is 12.4 Å². The van der Waals surface area contributed by atoms with E-state index in [-0.39, 0.29) is 22.9 Å². The van der Waals surface area contributed by atoms with Crippen molar-refractivity contribution < 1.29 is 31.1 Å². The van der Waals surface area contributed by atoms with Crippen molar-refractivity contribution in [2.45, 2.75) is 32.4 Å². The Morgan fingerprint density at radius 2 is 1.83 bits per heavy atom. The molecular formula is C18H23BrN2O2. The number of nitrogens with one attached hydrogen (secondary N) is 1. The van der Waals surface area contributed by atoms with Gasteiger partial charge in [-0.3, -0.25) is 4.79 Å². The molecule has 0 aliphatic carbocycles. The van der Waals surface area contributed by atoms with E-state index < -0.39 is 0 Å². The molecule has 0 fully saturated rings. The molecule has 0 unspecified atom stereocenters. The van der Waals surface area contributed by atoms with Crippen LogP contribution in [0.25, 0.3) is 0 Å². The summed E-state index contributed by atoms with van der Waals surface area (Å²) in [5.74, 6) is 0.896. The number of aromatic nitrogens is 1. The molecule has 23 heavy (non-hydrogen) atoms. The number of hydrogen-bond donors (Lipinski definition) is 1. The van der Waals surface area contributed by atoms with E-state index in [1.54, 1.807) is 7.11 Å². The molecule has 4 nitrogen and oxygen atoms in total. The van der Waals surface area contributed by atoms with Crippen molar-refractivity contribution in [1.82, 2.24) is 5.32 Å². The first kappa shape index (κ1) is 19.2. The molecule has 0 radical (unpaired) electrons. The molecule has 1 heterocycles. The maximum atomic E-state index is 11.9. The number of nitrogens with zero attached hydrogens (tertiary/aromatic N) is 1. The summed E-state index contributed by atoms with van der Waals surface area (Å²) in [6.07, 6.45) is 6.53. The number of carbonyl (C=O) groups is 1. The van der Waals surface area contributed by atoms with Gasteiger partial charge in [-0.1, -0.05) is 24.3 Å². The second kappa shape index (κ2) is 10.8. The van der Waals surface area contributed by atoms with Crippen LogP contribution in [-0.4, -0.2) is 13.0 Å². The maximum absolute atomic E-state index is 11.9. The van der Waals surface area contributed by atoms with Gasteiger partial charge in [0.05, 0.1) is 7.11 Å². The molecule has 0 atom stereocenters. The van der Waals surface area contributed by atoms with E-state index in [0.29, 0.717) is 13.0 Å². The Kier molecular flexibility index (Phi) is 8.98. The van der Waals surface area contributed by atoms with Gasteiger partial charge in [-0.25, -0.2) is 4.57 Å². The monoisotopic (exact) mass is 378 g/mol. The number of benzene rings is 1. The molecule has 1 amide bonds. The lowest BCUT2D eigenvalue weighted by Crippen LogP contribution is -3.00. The summed E-state index contributed by atoms with van der Waals surface area (Å²) in [5, 5.41) is 2.95. The van der Waals surface area contributed by atoms with Crippen LogP contribution in [0.1, 0.15) is 24.8 Å². The van der Waals surface area contributed by atoms with Crippen molar-refractivity contribution >= 4 is 5.91 Å². The Bertz CT molecular complexity index is 591. The van der Waals surface area contributed by atoms with Crippen molar-refractivity contribution in [3.8, 4) is 5.75 Å². The van der Waals surface area contributed by atoms with Crippen LogP contribution in [0, 0.1) is 0 Å². The molecule has 1 N–H and O–H groups in total. The summed E-state index contributed by atoms with van der Waals surface area (Å²) >= 11 is 0. The van der Waals surface area contributed by atoms with Crippen LogP contribution in [0.3, 0.4) is 0 Å². The average molecular weight is 379 g/mol. The predicted octanol–water partition coefficient (Wildman–Crippen LogP) is -0.527. The summed E-state index contributed by atoms with van der Waals surface area (Å²) in [7, 11) is 1.64. The molecular weight excluding hydrogens is 356 g/mol. The predicted molar refractivity (Wildman–Crippen MR) is 85.3 cm³/mol. The third kappa shape index (κ3) is 6.82. The van der Waals surface area contributed by atoms with Crippen molar-refractivity contribution in [1.29, 1.82) is 0 Å². The SMILES string of the molecule is COc1ccccc1CNC(=O)CCCC[n+]1ccccc1.[Br-]. The van der Waals surface area contributed by atoms with Crippen LogP contribution < -0.4 is 31.6 Å². The number of hydrogen-bond acceptors (Lipinski definition) is 2. The highest BCUT2D eigenvalue weighted by Gasteiger charge is 2.06. The van der Waals surface area contributed by atoms with Crippen molar-refractivity contribution in [2.24, 2.45) is 0 Å². The fourth-order valence-corrected chi connectivity index (χ4v) is 2.29. The minimum Gasteiger partial charge on any atom is -1.00 e. The summed E-state index contributed by atoms with van der Waals surface area (Å²) in [6, 6.07) is 13.8. The molecule has 0 spiro atoms. The Morgan fingerprint density at radius 1 is 1.09 bits per heavy atom. The Balaban J connectivity index is 0.00000264. The smallest absolute Gasteiger partial charge is 0.220 e. The fraction of sp³-hybridized carbons (Fsp3) is 0.333. The zero-order valence-corrected chi connectivity index (χ0v) is 15.0. The van der Waals surface area contributed by atoms with Gasteiger partial charge in [0.25, 0.3) is 0 Å². The Labute approximate surface area is 148 Å². The highest BCUT2D eigenvalue weighted by atomic mass is 79.9. The summed E-state index contributed by atoms with van der Waals surface area (Å²) < 4.78 is 7.40. The van der Waals surface area contributed by atoms with E-state index in [1.807, 2.05) is 54.9 Å². The topological polar surface area (TPSA) is 42.2 Å². The normalized spacial score (nSPS) is 9.78. The first-order chi connectivity index (χ1) is 10.8. The highest BCUT2D eigenvalue weighted by Crippen LogP contribution is 2.16. The zero-order chi connectivity index (χ0) is 15.6. The van der Waals surface area contributed by atoms with E-state index in [0.717, 1.165) is 30.7 Å². The van der Waals surface area contributed by atoms with Crippen LogP contribution in [0.5, 0.6) is 5.75 Å². The van der Waals surface area contributed by atoms with Gasteiger partial charge in [0.2, 0.25) is 5.91 Å². The number of para-hydroxylation sites is 1. The maximum Gasteiger partial charge on any atom is 0.220 e. The molecule has 0 aliphatic rings. The molecule has 2 rings (SSSR count). The largest absolute Gasteiger partial charge is 1.00 e. The molecule has 0 bridgehead atoms. The van der Waals surface area contributed by atoms with Crippen molar-refractivity contribution in [3.63, 3.8) is 0 Å². The summed E-state index contributed by atoms with van der Waals surface area (Å²) in [5.41, 5.74) is 0.998. The van der Waals surface area contributed by atoms with Crippen LogP contribution in [-0.2, 0) is 17.9 Å². The number of methoxy groups -OCH3 is 1. The molecule has 0 aliphatic heterocycles. The van der Waals surface area contributed by atoms with Crippen LogP contribution in [0.2, 0.25) is 0 Å². The molecule has 1 aromatic carbocycles. The molecule has 5 heteroatoms. The molecule has 124 valence electrons. The molecule has 1 aromatic heterocycles. The third-order valence-electron chi connectivity index (χ3n) is 3.52. The Hall–Kier alpha value is -1.88. The number of carbonyl (C=O) groups excluding carboxylic acids is 1. The number of amides is 1. The fourth-order valence-electron chi connectivity index (χ4n) is 2.29. The highest BCUT2D eigenvalue weighted by molar-refractivity contribution is 5.75. The number of aryl methyl sites for hydroxylation is 1. The number of ether oxygens (including phenoxy) is 1. The zero-order valence-electron chi connectivity index (χ0n) is 13.4. The standard InChI is InChI=1S/C18H22N2O2.BrH/c1-22-17-10-4-3-9-16(17)15-19-18(21)11-5-8-14-20-12-6-2-7-13-20;/h2-4,6-7,9-10,12-13H,5,8,11,14-15H2,1H3;1H. The van der Waals surface area contributed by atoms with Crippen LogP contribution >= 0.6 is 0 Å². The van der Waals surface area contributed by atoms with Gasteiger partial charge >= 0.3 is 0 Å². The summed E-state index contributed by atoms with van der Waals surface area (Å²) in [4.78, 5) is 11.9. The van der Waals surface area contributed by atoms with E-state index >= 15 is 0 Å². The molecule has 0 saturated heterocycles. The van der Waals surface area contributed by atoms with Gasteiger partial charge in [0.1, 0.15) is 12.3 Å². The van der Waals surface area contributed by atoms with Gasteiger partial charge in [-0.15, -0.1) is 0 Å². The van der Waals surface area contributed by atoms with E-state index in [1.165, 1.54) is 0 Å². The van der Waals surface area contributed by atoms with E-state index in [4.69, 9.17) is 4.74 Å². The van der Waals surface area contributed by atoms with Gasteiger partial charge < -0.3 is 27.0 Å². The van der Waals surface area contributed by atoms with Gasteiger partial charge in [-0.2, -0.15) is 0 Å². The lowest BCUT2D eigenvalue weighted by molar-refractivity contribution is -0.697. The third-order valence-corrected chi connectivity index (χ3v) is 3.52. The first-order valence-corrected chi connectivity index (χ1v) is 7.62. The van der Waals surface area contributed by atoms with Gasteiger partial charge in [0, 0.05) is 37.1 Å². The quantitative estimate of drug-likeness (QED) is 0.495. The van der Waals surface area contributed by atoms with Crippen molar-refractivity contribution in [3.05, 3.63) is 60.4 Å². The lowest BCUT2D eigenvalue weighted by atomic mass is 10.2.